The lowest BCUT2D eigenvalue weighted by Gasteiger charge is -2.40. The summed E-state index contributed by atoms with van der Waals surface area (Å²) < 4.78 is 11.2. The molecule has 7 unspecified atom stereocenters. The normalized spacial score (nSPS) is 20.6. The van der Waals surface area contributed by atoms with Crippen LogP contribution in [0.4, 0.5) is 0 Å². The van der Waals surface area contributed by atoms with Gasteiger partial charge < -0.3 is 40.3 Å². The zero-order chi connectivity index (χ0) is 50.8. The number of aliphatic hydroxyl groups excluding tert-OH is 5. The highest BCUT2D eigenvalue weighted by Gasteiger charge is 2.44. The van der Waals surface area contributed by atoms with E-state index in [0.29, 0.717) is 6.42 Å². The minimum atomic E-state index is -1.58. The molecule has 0 radical (unpaired) electrons. The Morgan fingerprint density at radius 2 is 0.900 bits per heavy atom. The first-order valence-corrected chi connectivity index (χ1v) is 27.1. The van der Waals surface area contributed by atoms with Crippen LogP contribution in [0.2, 0.25) is 0 Å². The van der Waals surface area contributed by atoms with Crippen molar-refractivity contribution in [1.29, 1.82) is 0 Å². The number of carbonyl (C=O) groups excluding carboxylic acids is 1. The molecule has 0 aliphatic carbocycles. The van der Waals surface area contributed by atoms with Gasteiger partial charge in [-0.1, -0.05) is 205 Å². The van der Waals surface area contributed by atoms with Crippen LogP contribution in [0.5, 0.6) is 0 Å². The van der Waals surface area contributed by atoms with Crippen molar-refractivity contribution in [2.24, 2.45) is 0 Å². The van der Waals surface area contributed by atoms with E-state index in [-0.39, 0.29) is 12.5 Å². The van der Waals surface area contributed by atoms with Crippen LogP contribution < -0.4 is 5.32 Å². The van der Waals surface area contributed by atoms with E-state index in [1.807, 2.05) is 6.08 Å². The van der Waals surface area contributed by atoms with Crippen LogP contribution in [0.15, 0.2) is 146 Å². The summed E-state index contributed by atoms with van der Waals surface area (Å²) >= 11 is 0. The van der Waals surface area contributed by atoms with Gasteiger partial charge in [0.05, 0.1) is 25.4 Å². The first-order chi connectivity index (χ1) is 34.3. The number of hydrogen-bond acceptors (Lipinski definition) is 8. The summed E-state index contributed by atoms with van der Waals surface area (Å²) in [5.41, 5.74) is 0. The quantitative estimate of drug-likeness (QED) is 0.0261. The summed E-state index contributed by atoms with van der Waals surface area (Å²) in [5, 5.41) is 54.1. The Hall–Kier alpha value is -3.93. The van der Waals surface area contributed by atoms with Crippen LogP contribution in [0.3, 0.4) is 0 Å². The van der Waals surface area contributed by atoms with Gasteiger partial charge in [-0.15, -0.1) is 0 Å². The van der Waals surface area contributed by atoms with Gasteiger partial charge in [-0.2, -0.15) is 0 Å². The summed E-state index contributed by atoms with van der Waals surface area (Å²) in [6, 6.07) is -0.839. The number of nitrogens with one attached hydrogen (secondary N) is 1. The van der Waals surface area contributed by atoms with E-state index < -0.39 is 49.5 Å². The van der Waals surface area contributed by atoms with Crippen LogP contribution in [0.25, 0.3) is 0 Å². The van der Waals surface area contributed by atoms with E-state index in [9.17, 15) is 30.3 Å². The van der Waals surface area contributed by atoms with Crippen molar-refractivity contribution >= 4 is 5.91 Å². The van der Waals surface area contributed by atoms with Gasteiger partial charge >= 0.3 is 0 Å². The fourth-order valence-corrected chi connectivity index (χ4v) is 7.37. The van der Waals surface area contributed by atoms with Crippen molar-refractivity contribution in [2.45, 2.75) is 217 Å². The average Bonchev–Trinajstić information content (AvgIpc) is 3.36. The van der Waals surface area contributed by atoms with Crippen LogP contribution in [0, 0.1) is 0 Å². The molecule has 0 aromatic rings. The summed E-state index contributed by atoms with van der Waals surface area (Å²) in [7, 11) is 0. The molecule has 394 valence electrons. The summed E-state index contributed by atoms with van der Waals surface area (Å²) in [5.74, 6) is -0.211. The maximum Gasteiger partial charge on any atom is 0.220 e. The van der Waals surface area contributed by atoms with E-state index >= 15 is 0 Å². The number of allylic oxidation sites excluding steroid dienone is 23. The standard InChI is InChI=1S/C61H97NO8/c1-3-5-7-9-11-13-15-16-17-18-19-20-21-22-23-24-25-26-27-28-29-30-31-32-33-34-35-36-37-38-39-40-41-43-45-47-49-51-57(65)62-54(53-69-61-60(68)59(67)58(66)56(52-63)70-61)55(64)50-48-46-44-42-14-12-10-8-6-4-2/h5,7,11,13-14,16-17,19-20,22-23,25-26,28-29,31-32,34-35,37-38,42,48,50,54-56,58-61,63-64,66-68H,3-4,6,8-10,12,15,18,21,24,27,30,33,36,39-41,43-47,49,51-53H2,1-2H3,(H,62,65)/b7-5-,13-11-,17-16-,20-19-,23-22-,26-25-,29-28-,32-31-,35-34-,38-37-,42-14+,50-48+. The molecule has 7 atom stereocenters. The van der Waals surface area contributed by atoms with E-state index in [1.54, 1.807) is 6.08 Å². The molecule has 0 spiro atoms. The first kappa shape index (κ1) is 64.1. The number of rotatable bonds is 43. The second kappa shape index (κ2) is 48.7. The third-order valence-corrected chi connectivity index (χ3v) is 11.6. The van der Waals surface area contributed by atoms with Gasteiger partial charge in [-0.05, 0) is 109 Å². The lowest BCUT2D eigenvalue weighted by Crippen LogP contribution is -2.60. The monoisotopic (exact) mass is 972 g/mol. The Balaban J connectivity index is 2.19. The van der Waals surface area contributed by atoms with Gasteiger partial charge in [-0.3, -0.25) is 4.79 Å². The number of aliphatic hydroxyl groups is 5. The lowest BCUT2D eigenvalue weighted by atomic mass is 9.99. The van der Waals surface area contributed by atoms with Gasteiger partial charge in [-0.25, -0.2) is 0 Å². The molecule has 0 aromatic carbocycles. The summed E-state index contributed by atoms with van der Waals surface area (Å²) in [6.07, 6.45) is 69.2. The third kappa shape index (κ3) is 37.8. The van der Waals surface area contributed by atoms with Crippen molar-refractivity contribution in [3.05, 3.63) is 146 Å². The topological polar surface area (TPSA) is 149 Å². The molecule has 1 aliphatic heterocycles. The maximum absolute atomic E-state index is 13.0. The van der Waals surface area contributed by atoms with Crippen LogP contribution in [-0.2, 0) is 14.3 Å². The summed E-state index contributed by atoms with van der Waals surface area (Å²) in [6.45, 7) is 3.57. The molecule has 0 aromatic heterocycles. The Kier molecular flexibility index (Phi) is 44.6. The lowest BCUT2D eigenvalue weighted by molar-refractivity contribution is -0.302. The maximum atomic E-state index is 13.0. The second-order valence-electron chi connectivity index (χ2n) is 17.9. The van der Waals surface area contributed by atoms with E-state index in [4.69, 9.17) is 9.47 Å². The van der Waals surface area contributed by atoms with Gasteiger partial charge in [0.25, 0.3) is 0 Å². The highest BCUT2D eigenvalue weighted by Crippen LogP contribution is 2.22. The second-order valence-corrected chi connectivity index (χ2v) is 17.9. The van der Waals surface area contributed by atoms with E-state index in [1.165, 1.54) is 25.7 Å². The highest BCUT2D eigenvalue weighted by atomic mass is 16.7. The highest BCUT2D eigenvalue weighted by molar-refractivity contribution is 5.76. The smallest absolute Gasteiger partial charge is 0.220 e. The van der Waals surface area contributed by atoms with Crippen LogP contribution >= 0.6 is 0 Å². The Morgan fingerprint density at radius 1 is 0.500 bits per heavy atom. The van der Waals surface area contributed by atoms with Crippen molar-refractivity contribution in [3.63, 3.8) is 0 Å². The SMILES string of the molecule is CC/C=C\C/C=C\C/C=C\C/C=C\C/C=C\C/C=C\C/C=C\C/C=C\C/C=C\C/C=C\CCCCCCCCC(=O)NC(COC1OC(CO)C(O)C(O)C1O)C(O)/C=C/CC/C=C/CCCCCC. The van der Waals surface area contributed by atoms with Gasteiger partial charge in [0, 0.05) is 6.42 Å². The number of carbonyl (C=O) groups is 1. The van der Waals surface area contributed by atoms with Gasteiger partial charge in [0.15, 0.2) is 6.29 Å². The molecule has 6 N–H and O–H groups in total. The minimum Gasteiger partial charge on any atom is -0.394 e. The molecule has 70 heavy (non-hydrogen) atoms. The molecular weight excluding hydrogens is 875 g/mol. The number of amides is 1. The average molecular weight is 972 g/mol. The molecule has 1 fully saturated rings. The zero-order valence-electron chi connectivity index (χ0n) is 43.5. The van der Waals surface area contributed by atoms with Crippen molar-refractivity contribution in [2.75, 3.05) is 13.2 Å². The first-order valence-electron chi connectivity index (χ1n) is 27.1. The predicted molar refractivity (Wildman–Crippen MR) is 294 cm³/mol. The fourth-order valence-electron chi connectivity index (χ4n) is 7.37. The molecule has 9 nitrogen and oxygen atoms in total. The molecule has 9 heteroatoms. The van der Waals surface area contributed by atoms with Gasteiger partial charge in [0.1, 0.15) is 24.4 Å². The van der Waals surface area contributed by atoms with Crippen molar-refractivity contribution in [3.8, 4) is 0 Å². The van der Waals surface area contributed by atoms with Crippen LogP contribution in [-0.4, -0.2) is 87.5 Å². The molecule has 1 rings (SSSR count). The Morgan fingerprint density at radius 3 is 1.37 bits per heavy atom. The summed E-state index contributed by atoms with van der Waals surface area (Å²) in [4.78, 5) is 13.0. The van der Waals surface area contributed by atoms with Crippen molar-refractivity contribution in [1.82, 2.24) is 5.32 Å². The van der Waals surface area contributed by atoms with Crippen molar-refractivity contribution < 1.29 is 39.8 Å². The fraction of sp³-hybridized carbons (Fsp3) is 0.590. The largest absolute Gasteiger partial charge is 0.394 e. The number of unbranched alkanes of at least 4 members (excludes halogenated alkanes) is 11. The molecule has 1 amide bonds. The molecule has 0 bridgehead atoms. The van der Waals surface area contributed by atoms with E-state index in [0.717, 1.165) is 128 Å². The number of hydrogen-bond donors (Lipinski definition) is 6. The van der Waals surface area contributed by atoms with Gasteiger partial charge in [0.2, 0.25) is 5.91 Å². The number of ether oxygens (including phenoxy) is 2. The molecule has 1 aliphatic rings. The molecule has 0 saturated carbocycles. The molecule has 1 heterocycles. The Bertz CT molecular complexity index is 1600. The molecule has 1 saturated heterocycles. The minimum absolute atomic E-state index is 0.211. The van der Waals surface area contributed by atoms with Crippen LogP contribution in [0.1, 0.15) is 174 Å². The van der Waals surface area contributed by atoms with E-state index in [2.05, 4.69) is 153 Å². The Labute approximate surface area is 425 Å². The molecular formula is C61H97NO8. The predicted octanol–water partition coefficient (Wildman–Crippen LogP) is 13.1. The zero-order valence-corrected chi connectivity index (χ0v) is 43.5. The third-order valence-electron chi connectivity index (χ3n) is 11.6.